The van der Waals surface area contributed by atoms with Crippen LogP contribution in [0.1, 0.15) is 24.5 Å². The Morgan fingerprint density at radius 1 is 1.00 bits per heavy atom. The van der Waals surface area contributed by atoms with Crippen LogP contribution in [0.3, 0.4) is 0 Å². The first-order valence-electron chi connectivity index (χ1n) is 7.97. The molecule has 0 amide bonds. The largest absolute Gasteiger partial charge is 0.313 e. The SMILES string of the molecule is CCc1ccc(CNCCCN2CCN(C)CC2)cc1. The van der Waals surface area contributed by atoms with E-state index in [1.54, 1.807) is 0 Å². The van der Waals surface area contributed by atoms with E-state index in [0.717, 1.165) is 19.5 Å². The van der Waals surface area contributed by atoms with Gasteiger partial charge in [0.1, 0.15) is 0 Å². The van der Waals surface area contributed by atoms with Gasteiger partial charge in [-0.05, 0) is 44.1 Å². The predicted molar refractivity (Wildman–Crippen MR) is 86.1 cm³/mol. The van der Waals surface area contributed by atoms with Gasteiger partial charge in [-0.2, -0.15) is 0 Å². The predicted octanol–water partition coefficient (Wildman–Crippen LogP) is 1.98. The highest BCUT2D eigenvalue weighted by atomic mass is 15.2. The Labute approximate surface area is 124 Å². The van der Waals surface area contributed by atoms with Crippen molar-refractivity contribution < 1.29 is 0 Å². The maximum Gasteiger partial charge on any atom is 0.0205 e. The van der Waals surface area contributed by atoms with Crippen molar-refractivity contribution in [3.8, 4) is 0 Å². The molecule has 0 bridgehead atoms. The van der Waals surface area contributed by atoms with Crippen LogP contribution < -0.4 is 5.32 Å². The van der Waals surface area contributed by atoms with Crippen LogP contribution in [-0.4, -0.2) is 56.1 Å². The number of hydrogen-bond donors (Lipinski definition) is 1. The summed E-state index contributed by atoms with van der Waals surface area (Å²) >= 11 is 0. The van der Waals surface area contributed by atoms with E-state index < -0.39 is 0 Å². The van der Waals surface area contributed by atoms with E-state index in [2.05, 4.69) is 53.4 Å². The van der Waals surface area contributed by atoms with E-state index in [1.807, 2.05) is 0 Å². The highest BCUT2D eigenvalue weighted by Crippen LogP contribution is 2.05. The molecule has 0 saturated carbocycles. The Bertz CT molecular complexity index is 366. The van der Waals surface area contributed by atoms with Crippen LogP contribution in [0.15, 0.2) is 24.3 Å². The van der Waals surface area contributed by atoms with Crippen molar-refractivity contribution in [2.24, 2.45) is 0 Å². The van der Waals surface area contributed by atoms with E-state index in [9.17, 15) is 0 Å². The Morgan fingerprint density at radius 2 is 1.65 bits per heavy atom. The van der Waals surface area contributed by atoms with Crippen molar-refractivity contribution in [1.29, 1.82) is 0 Å². The topological polar surface area (TPSA) is 18.5 Å². The third-order valence-corrected chi connectivity index (χ3v) is 4.18. The van der Waals surface area contributed by atoms with Crippen LogP contribution in [0.2, 0.25) is 0 Å². The van der Waals surface area contributed by atoms with Gasteiger partial charge in [0.05, 0.1) is 0 Å². The second kappa shape index (κ2) is 8.40. The lowest BCUT2D eigenvalue weighted by molar-refractivity contribution is 0.153. The summed E-state index contributed by atoms with van der Waals surface area (Å²) in [6, 6.07) is 8.96. The Hall–Kier alpha value is -0.900. The number of nitrogens with zero attached hydrogens (tertiary/aromatic N) is 2. The summed E-state index contributed by atoms with van der Waals surface area (Å²) < 4.78 is 0. The van der Waals surface area contributed by atoms with Crippen LogP contribution in [0.5, 0.6) is 0 Å². The summed E-state index contributed by atoms with van der Waals surface area (Å²) in [4.78, 5) is 4.99. The first-order chi connectivity index (χ1) is 9.78. The molecule has 1 aromatic rings. The van der Waals surface area contributed by atoms with E-state index in [4.69, 9.17) is 0 Å². The zero-order valence-corrected chi connectivity index (χ0v) is 13.1. The molecule has 0 atom stereocenters. The average molecular weight is 275 g/mol. The third kappa shape index (κ3) is 5.23. The smallest absolute Gasteiger partial charge is 0.0205 e. The molecule has 0 spiro atoms. The molecule has 0 aliphatic carbocycles. The summed E-state index contributed by atoms with van der Waals surface area (Å²) in [6.45, 7) is 10.4. The van der Waals surface area contributed by atoms with Gasteiger partial charge in [0, 0.05) is 32.7 Å². The number of hydrogen-bond acceptors (Lipinski definition) is 3. The number of nitrogens with one attached hydrogen (secondary N) is 1. The maximum atomic E-state index is 3.55. The molecular weight excluding hydrogens is 246 g/mol. The molecule has 1 fully saturated rings. The fraction of sp³-hybridized carbons (Fsp3) is 0.647. The highest BCUT2D eigenvalue weighted by molar-refractivity contribution is 5.22. The molecule has 3 heteroatoms. The molecule has 1 aliphatic heterocycles. The van der Waals surface area contributed by atoms with Crippen LogP contribution >= 0.6 is 0 Å². The first kappa shape index (κ1) is 15.5. The molecule has 112 valence electrons. The van der Waals surface area contributed by atoms with Gasteiger partial charge in [-0.1, -0.05) is 31.2 Å². The van der Waals surface area contributed by atoms with Gasteiger partial charge >= 0.3 is 0 Å². The Kier molecular flexibility index (Phi) is 6.51. The van der Waals surface area contributed by atoms with E-state index >= 15 is 0 Å². The van der Waals surface area contributed by atoms with Gasteiger partial charge in [0.15, 0.2) is 0 Å². The van der Waals surface area contributed by atoms with E-state index in [0.29, 0.717) is 0 Å². The van der Waals surface area contributed by atoms with Gasteiger partial charge in [-0.25, -0.2) is 0 Å². The van der Waals surface area contributed by atoms with Crippen molar-refractivity contribution in [3.05, 3.63) is 35.4 Å². The molecule has 0 unspecified atom stereocenters. The normalized spacial score (nSPS) is 17.5. The lowest BCUT2D eigenvalue weighted by Gasteiger charge is -2.32. The minimum absolute atomic E-state index is 0.993. The molecule has 20 heavy (non-hydrogen) atoms. The van der Waals surface area contributed by atoms with Crippen LogP contribution in [0.4, 0.5) is 0 Å². The fourth-order valence-corrected chi connectivity index (χ4v) is 2.62. The summed E-state index contributed by atoms with van der Waals surface area (Å²) in [5, 5.41) is 3.55. The molecule has 1 aliphatic rings. The summed E-state index contributed by atoms with van der Waals surface area (Å²) in [5.41, 5.74) is 2.81. The lowest BCUT2D eigenvalue weighted by atomic mass is 10.1. The standard InChI is InChI=1S/C17H29N3/c1-3-16-5-7-17(8-6-16)15-18-9-4-10-20-13-11-19(2)12-14-20/h5-8,18H,3-4,9-15H2,1-2H3. The summed E-state index contributed by atoms with van der Waals surface area (Å²) in [5.74, 6) is 0. The fourth-order valence-electron chi connectivity index (χ4n) is 2.62. The number of rotatable bonds is 7. The average Bonchev–Trinajstić information content (AvgIpc) is 2.49. The molecule has 3 nitrogen and oxygen atoms in total. The monoisotopic (exact) mass is 275 g/mol. The van der Waals surface area contributed by atoms with Crippen LogP contribution in [-0.2, 0) is 13.0 Å². The second-order valence-electron chi connectivity index (χ2n) is 5.85. The van der Waals surface area contributed by atoms with E-state index in [-0.39, 0.29) is 0 Å². The number of benzene rings is 1. The number of likely N-dealkylation sites (N-methyl/N-ethyl adjacent to an activating group) is 1. The summed E-state index contributed by atoms with van der Waals surface area (Å²) in [6.07, 6.45) is 2.37. The Morgan fingerprint density at radius 3 is 2.30 bits per heavy atom. The molecule has 2 rings (SSSR count). The van der Waals surface area contributed by atoms with Gasteiger partial charge in [0.2, 0.25) is 0 Å². The van der Waals surface area contributed by atoms with Gasteiger partial charge in [-0.15, -0.1) is 0 Å². The number of aryl methyl sites for hydroxylation is 1. The van der Waals surface area contributed by atoms with Gasteiger partial charge in [0.25, 0.3) is 0 Å². The molecule has 1 saturated heterocycles. The van der Waals surface area contributed by atoms with E-state index in [1.165, 1.54) is 50.3 Å². The van der Waals surface area contributed by atoms with Crippen LogP contribution in [0, 0.1) is 0 Å². The first-order valence-corrected chi connectivity index (χ1v) is 7.97. The minimum Gasteiger partial charge on any atom is -0.313 e. The third-order valence-electron chi connectivity index (χ3n) is 4.18. The second-order valence-corrected chi connectivity index (χ2v) is 5.85. The van der Waals surface area contributed by atoms with Crippen molar-refractivity contribution in [2.45, 2.75) is 26.3 Å². The molecular formula is C17H29N3. The van der Waals surface area contributed by atoms with Crippen molar-refractivity contribution in [3.63, 3.8) is 0 Å². The molecule has 1 aromatic carbocycles. The zero-order valence-electron chi connectivity index (χ0n) is 13.1. The van der Waals surface area contributed by atoms with Gasteiger partial charge in [-0.3, -0.25) is 0 Å². The van der Waals surface area contributed by atoms with Crippen molar-refractivity contribution in [1.82, 2.24) is 15.1 Å². The minimum atomic E-state index is 0.993. The molecule has 0 radical (unpaired) electrons. The molecule has 0 aromatic heterocycles. The maximum absolute atomic E-state index is 3.55. The molecule has 1 heterocycles. The lowest BCUT2D eigenvalue weighted by Crippen LogP contribution is -2.45. The summed E-state index contributed by atoms with van der Waals surface area (Å²) in [7, 11) is 2.21. The van der Waals surface area contributed by atoms with Crippen LogP contribution in [0.25, 0.3) is 0 Å². The van der Waals surface area contributed by atoms with Crippen molar-refractivity contribution in [2.75, 3.05) is 46.3 Å². The van der Waals surface area contributed by atoms with Gasteiger partial charge < -0.3 is 15.1 Å². The highest BCUT2D eigenvalue weighted by Gasteiger charge is 2.12. The van der Waals surface area contributed by atoms with Crippen molar-refractivity contribution >= 4 is 0 Å². The zero-order chi connectivity index (χ0) is 14.2. The quantitative estimate of drug-likeness (QED) is 0.768. The molecule has 1 N–H and O–H groups in total. The number of piperazine rings is 1. The Balaban J connectivity index is 1.55.